The summed E-state index contributed by atoms with van der Waals surface area (Å²) in [5.74, 6) is 1.62. The van der Waals surface area contributed by atoms with E-state index in [0.717, 1.165) is 23.5 Å². The molecule has 1 N–H and O–H groups in total. The fraction of sp³-hybridized carbons (Fsp3) is 0.727. The number of hydrogen-bond donors (Lipinski definition) is 1. The summed E-state index contributed by atoms with van der Waals surface area (Å²) in [6.07, 6.45) is 4.03. The Hall–Kier alpha value is -0.570. The van der Waals surface area contributed by atoms with Crippen LogP contribution >= 0.6 is 11.3 Å². The zero-order valence-electron chi connectivity index (χ0n) is 8.92. The maximum Gasteiger partial charge on any atom is 0.182 e. The van der Waals surface area contributed by atoms with Gasteiger partial charge in [0, 0.05) is 17.8 Å². The van der Waals surface area contributed by atoms with Gasteiger partial charge in [-0.1, -0.05) is 13.3 Å². The molecule has 1 aliphatic carbocycles. The number of nitrogens with one attached hydrogen (secondary N) is 1. The van der Waals surface area contributed by atoms with Crippen LogP contribution in [0.4, 0.5) is 5.13 Å². The molecule has 1 aromatic heterocycles. The van der Waals surface area contributed by atoms with E-state index in [1.807, 2.05) is 0 Å². The Morgan fingerprint density at radius 3 is 3.07 bits per heavy atom. The Labute approximate surface area is 89.8 Å². The van der Waals surface area contributed by atoms with Gasteiger partial charge in [0.1, 0.15) is 0 Å². The minimum absolute atomic E-state index is 0.730. The van der Waals surface area contributed by atoms with Crippen LogP contribution in [0, 0.1) is 5.92 Å². The van der Waals surface area contributed by atoms with E-state index in [2.05, 4.69) is 29.5 Å². The lowest BCUT2D eigenvalue weighted by atomic mass is 10.0. The van der Waals surface area contributed by atoms with Gasteiger partial charge in [0.25, 0.3) is 0 Å². The van der Waals surface area contributed by atoms with Crippen molar-refractivity contribution in [3.8, 4) is 0 Å². The minimum atomic E-state index is 0.730. The van der Waals surface area contributed by atoms with Crippen LogP contribution in [0.3, 0.4) is 0 Å². The average molecular weight is 210 g/mol. The van der Waals surface area contributed by atoms with Crippen molar-refractivity contribution in [2.24, 2.45) is 5.92 Å². The fourth-order valence-corrected chi connectivity index (χ4v) is 3.05. The number of rotatable bonds is 3. The van der Waals surface area contributed by atoms with Crippen LogP contribution in [0.1, 0.15) is 44.7 Å². The predicted molar refractivity (Wildman–Crippen MR) is 62.0 cm³/mol. The molecular formula is C11H18N2S. The molecule has 78 valence electrons. The SMILES string of the molecule is CCNc1nc([C@@H]2CC[C@H](C)C2)cs1. The molecule has 2 nitrogen and oxygen atoms in total. The molecular weight excluding hydrogens is 192 g/mol. The van der Waals surface area contributed by atoms with Crippen LogP contribution in [0.5, 0.6) is 0 Å². The van der Waals surface area contributed by atoms with Crippen molar-refractivity contribution in [2.45, 2.75) is 39.0 Å². The van der Waals surface area contributed by atoms with Crippen molar-refractivity contribution in [1.29, 1.82) is 0 Å². The van der Waals surface area contributed by atoms with Gasteiger partial charge >= 0.3 is 0 Å². The summed E-state index contributed by atoms with van der Waals surface area (Å²) in [6, 6.07) is 0. The van der Waals surface area contributed by atoms with Crippen molar-refractivity contribution in [3.05, 3.63) is 11.1 Å². The lowest BCUT2D eigenvalue weighted by Crippen LogP contribution is -1.98. The van der Waals surface area contributed by atoms with E-state index in [4.69, 9.17) is 0 Å². The zero-order chi connectivity index (χ0) is 9.97. The molecule has 3 heteroatoms. The van der Waals surface area contributed by atoms with Gasteiger partial charge in [0.2, 0.25) is 0 Å². The molecule has 1 saturated carbocycles. The molecule has 0 radical (unpaired) electrons. The van der Waals surface area contributed by atoms with Crippen LogP contribution in [-0.2, 0) is 0 Å². The van der Waals surface area contributed by atoms with Crippen molar-refractivity contribution < 1.29 is 0 Å². The Morgan fingerprint density at radius 2 is 2.43 bits per heavy atom. The highest BCUT2D eigenvalue weighted by atomic mass is 32.1. The van der Waals surface area contributed by atoms with Crippen molar-refractivity contribution >= 4 is 16.5 Å². The highest BCUT2D eigenvalue weighted by Crippen LogP contribution is 2.38. The molecule has 0 amide bonds. The second kappa shape index (κ2) is 4.30. The van der Waals surface area contributed by atoms with E-state index >= 15 is 0 Å². The number of thiazole rings is 1. The first-order chi connectivity index (χ1) is 6.79. The van der Waals surface area contributed by atoms with Crippen LogP contribution < -0.4 is 5.32 Å². The van der Waals surface area contributed by atoms with Gasteiger partial charge in [-0.3, -0.25) is 0 Å². The van der Waals surface area contributed by atoms with Crippen LogP contribution in [0.15, 0.2) is 5.38 Å². The standard InChI is InChI=1S/C11H18N2S/c1-3-12-11-13-10(7-14-11)9-5-4-8(2)6-9/h7-9H,3-6H2,1-2H3,(H,12,13)/t8-,9+/m0/s1. The fourth-order valence-electron chi connectivity index (χ4n) is 2.18. The third kappa shape index (κ3) is 2.08. The maximum atomic E-state index is 4.62. The van der Waals surface area contributed by atoms with Crippen molar-refractivity contribution in [3.63, 3.8) is 0 Å². The number of hydrogen-bond acceptors (Lipinski definition) is 3. The number of anilines is 1. The van der Waals surface area contributed by atoms with E-state index < -0.39 is 0 Å². The summed E-state index contributed by atoms with van der Waals surface area (Å²) in [7, 11) is 0. The first-order valence-electron chi connectivity index (χ1n) is 5.49. The quantitative estimate of drug-likeness (QED) is 0.826. The minimum Gasteiger partial charge on any atom is -0.362 e. The van der Waals surface area contributed by atoms with Gasteiger partial charge in [0.15, 0.2) is 5.13 Å². The van der Waals surface area contributed by atoms with Crippen LogP contribution in [-0.4, -0.2) is 11.5 Å². The molecule has 14 heavy (non-hydrogen) atoms. The highest BCUT2D eigenvalue weighted by Gasteiger charge is 2.24. The van der Waals surface area contributed by atoms with Crippen LogP contribution in [0.2, 0.25) is 0 Å². The largest absolute Gasteiger partial charge is 0.362 e. The summed E-state index contributed by atoms with van der Waals surface area (Å²) in [4.78, 5) is 4.62. The molecule has 1 aliphatic rings. The molecule has 0 unspecified atom stereocenters. The monoisotopic (exact) mass is 210 g/mol. The zero-order valence-corrected chi connectivity index (χ0v) is 9.73. The highest BCUT2D eigenvalue weighted by molar-refractivity contribution is 7.13. The van der Waals surface area contributed by atoms with Crippen molar-refractivity contribution in [2.75, 3.05) is 11.9 Å². The van der Waals surface area contributed by atoms with Gasteiger partial charge in [0.05, 0.1) is 5.69 Å². The molecule has 0 bridgehead atoms. The smallest absolute Gasteiger partial charge is 0.182 e. The third-order valence-electron chi connectivity index (χ3n) is 2.96. The molecule has 2 atom stereocenters. The Morgan fingerprint density at radius 1 is 1.57 bits per heavy atom. The Balaban J connectivity index is 2.02. The molecule has 2 rings (SSSR count). The second-order valence-corrected chi connectivity index (χ2v) is 5.08. The predicted octanol–water partition coefficient (Wildman–Crippen LogP) is 3.48. The molecule has 0 aliphatic heterocycles. The lowest BCUT2D eigenvalue weighted by Gasteiger charge is -2.04. The third-order valence-corrected chi connectivity index (χ3v) is 3.78. The van der Waals surface area contributed by atoms with E-state index in [1.165, 1.54) is 25.0 Å². The van der Waals surface area contributed by atoms with E-state index in [9.17, 15) is 0 Å². The average Bonchev–Trinajstić information content (AvgIpc) is 2.74. The molecule has 0 spiro atoms. The van der Waals surface area contributed by atoms with Gasteiger partial charge in [-0.15, -0.1) is 11.3 Å². The van der Waals surface area contributed by atoms with E-state index in [1.54, 1.807) is 11.3 Å². The lowest BCUT2D eigenvalue weighted by molar-refractivity contribution is 0.593. The van der Waals surface area contributed by atoms with Crippen LogP contribution in [0.25, 0.3) is 0 Å². The van der Waals surface area contributed by atoms with Gasteiger partial charge < -0.3 is 5.32 Å². The molecule has 1 fully saturated rings. The first-order valence-corrected chi connectivity index (χ1v) is 6.37. The molecule has 1 aromatic rings. The topological polar surface area (TPSA) is 24.9 Å². The van der Waals surface area contributed by atoms with E-state index in [0.29, 0.717) is 0 Å². The Kier molecular flexibility index (Phi) is 3.06. The summed E-state index contributed by atoms with van der Waals surface area (Å²) in [6.45, 7) is 5.42. The second-order valence-electron chi connectivity index (χ2n) is 4.22. The molecule has 0 aromatic carbocycles. The molecule has 0 saturated heterocycles. The normalized spacial score (nSPS) is 26.7. The summed E-state index contributed by atoms with van der Waals surface area (Å²) >= 11 is 1.74. The summed E-state index contributed by atoms with van der Waals surface area (Å²) in [5, 5.41) is 6.58. The van der Waals surface area contributed by atoms with Crippen molar-refractivity contribution in [1.82, 2.24) is 4.98 Å². The Bertz CT molecular complexity index is 295. The maximum absolute atomic E-state index is 4.62. The van der Waals surface area contributed by atoms with Gasteiger partial charge in [-0.05, 0) is 25.7 Å². The number of nitrogens with zero attached hydrogens (tertiary/aromatic N) is 1. The number of aromatic nitrogens is 1. The molecule has 1 heterocycles. The van der Waals surface area contributed by atoms with E-state index in [-0.39, 0.29) is 0 Å². The summed E-state index contributed by atoms with van der Waals surface area (Å²) < 4.78 is 0. The van der Waals surface area contributed by atoms with Gasteiger partial charge in [-0.25, -0.2) is 4.98 Å². The first kappa shape index (κ1) is 9.97. The summed E-state index contributed by atoms with van der Waals surface area (Å²) in [5.41, 5.74) is 1.32. The van der Waals surface area contributed by atoms with Gasteiger partial charge in [-0.2, -0.15) is 0 Å².